The molecule has 1 aliphatic rings. The Morgan fingerprint density at radius 2 is 2.11 bits per heavy atom. The van der Waals surface area contributed by atoms with Crippen LogP contribution in [0.3, 0.4) is 0 Å². The molecule has 1 aromatic rings. The summed E-state index contributed by atoms with van der Waals surface area (Å²) < 4.78 is 5.47. The van der Waals surface area contributed by atoms with E-state index in [2.05, 4.69) is 44.3 Å². The maximum absolute atomic E-state index is 5.47. The smallest absolute Gasteiger partial charge is 0.123 e. The molecule has 2 nitrogen and oxygen atoms in total. The molecule has 0 amide bonds. The zero-order valence-electron chi connectivity index (χ0n) is 12.0. The maximum atomic E-state index is 5.47. The normalized spacial score (nSPS) is 18.4. The van der Waals surface area contributed by atoms with E-state index >= 15 is 0 Å². The summed E-state index contributed by atoms with van der Waals surface area (Å²) in [4.78, 5) is 0. The molecule has 0 aromatic heterocycles. The lowest BCUT2D eigenvalue weighted by atomic mass is 10.0. The molecule has 1 fully saturated rings. The second-order valence-corrected chi connectivity index (χ2v) is 5.49. The molecule has 2 atom stereocenters. The fourth-order valence-corrected chi connectivity index (χ4v) is 2.69. The van der Waals surface area contributed by atoms with Crippen LogP contribution in [0.5, 0.6) is 5.75 Å². The highest BCUT2D eigenvalue weighted by molar-refractivity contribution is 5.38. The quantitative estimate of drug-likeness (QED) is 0.824. The molecule has 0 bridgehead atoms. The lowest BCUT2D eigenvalue weighted by molar-refractivity contribution is 0.377. The number of benzene rings is 1. The zero-order chi connectivity index (χ0) is 13.1. The number of hydrogen-bond acceptors (Lipinski definition) is 2. The summed E-state index contributed by atoms with van der Waals surface area (Å²) >= 11 is 0. The second kappa shape index (κ2) is 5.75. The van der Waals surface area contributed by atoms with Gasteiger partial charge in [-0.1, -0.05) is 24.6 Å². The van der Waals surface area contributed by atoms with Gasteiger partial charge in [0.1, 0.15) is 5.75 Å². The van der Waals surface area contributed by atoms with Crippen LogP contribution in [-0.4, -0.2) is 13.2 Å². The number of aryl methyl sites for hydroxylation is 1. The van der Waals surface area contributed by atoms with E-state index < -0.39 is 0 Å². The molecule has 1 aliphatic carbocycles. The largest absolute Gasteiger partial charge is 0.496 e. The lowest BCUT2D eigenvalue weighted by Crippen LogP contribution is -2.32. The summed E-state index contributed by atoms with van der Waals surface area (Å²) in [6.07, 6.45) is 4.00. The van der Waals surface area contributed by atoms with E-state index in [0.717, 1.165) is 11.7 Å². The monoisotopic (exact) mass is 247 g/mol. The Bertz CT molecular complexity index is 398. The summed E-state index contributed by atoms with van der Waals surface area (Å²) in [7, 11) is 1.75. The number of hydrogen-bond donors (Lipinski definition) is 1. The Hall–Kier alpha value is -1.02. The van der Waals surface area contributed by atoms with E-state index in [-0.39, 0.29) is 0 Å². The standard InChI is InChI=1S/C16H25NO/c1-5-15(13-7-8-13)17-12(3)14-10-11(2)6-9-16(14)18-4/h6,9-10,12-13,15,17H,5,7-8H2,1-4H3. The van der Waals surface area contributed by atoms with E-state index in [0.29, 0.717) is 12.1 Å². The lowest BCUT2D eigenvalue weighted by Gasteiger charge is -2.24. The molecular weight excluding hydrogens is 222 g/mol. The van der Waals surface area contributed by atoms with Gasteiger partial charge in [0.15, 0.2) is 0 Å². The molecule has 1 saturated carbocycles. The van der Waals surface area contributed by atoms with E-state index in [1.807, 2.05) is 0 Å². The average Bonchev–Trinajstić information content (AvgIpc) is 3.19. The van der Waals surface area contributed by atoms with Crippen LogP contribution in [0.1, 0.15) is 50.3 Å². The molecule has 1 aromatic carbocycles. The fourth-order valence-electron chi connectivity index (χ4n) is 2.69. The van der Waals surface area contributed by atoms with Gasteiger partial charge < -0.3 is 10.1 Å². The van der Waals surface area contributed by atoms with Crippen molar-refractivity contribution in [1.82, 2.24) is 5.32 Å². The summed E-state index contributed by atoms with van der Waals surface area (Å²) in [5, 5.41) is 3.77. The minimum absolute atomic E-state index is 0.352. The van der Waals surface area contributed by atoms with E-state index in [1.165, 1.54) is 30.4 Å². The predicted octanol–water partition coefficient (Wildman–Crippen LogP) is 3.84. The molecule has 0 saturated heterocycles. The Kier molecular flexibility index (Phi) is 4.28. The van der Waals surface area contributed by atoms with E-state index in [1.54, 1.807) is 7.11 Å². The number of methoxy groups -OCH3 is 1. The fraction of sp³-hybridized carbons (Fsp3) is 0.625. The number of nitrogens with one attached hydrogen (secondary N) is 1. The Morgan fingerprint density at radius 1 is 1.39 bits per heavy atom. The molecule has 0 radical (unpaired) electrons. The summed E-state index contributed by atoms with van der Waals surface area (Å²) in [5.74, 6) is 1.89. The van der Waals surface area contributed by atoms with Crippen molar-refractivity contribution in [2.45, 2.75) is 52.1 Å². The third kappa shape index (κ3) is 3.05. The average molecular weight is 247 g/mol. The highest BCUT2D eigenvalue weighted by Gasteiger charge is 2.31. The highest BCUT2D eigenvalue weighted by Crippen LogP contribution is 2.36. The molecule has 100 valence electrons. The molecule has 2 heteroatoms. The van der Waals surface area contributed by atoms with Crippen molar-refractivity contribution in [3.63, 3.8) is 0 Å². The van der Waals surface area contributed by atoms with Crippen LogP contribution >= 0.6 is 0 Å². The van der Waals surface area contributed by atoms with Crippen molar-refractivity contribution >= 4 is 0 Å². The predicted molar refractivity (Wildman–Crippen MR) is 76.1 cm³/mol. The van der Waals surface area contributed by atoms with Gasteiger partial charge in [0.05, 0.1) is 7.11 Å². The summed E-state index contributed by atoms with van der Waals surface area (Å²) in [6.45, 7) is 6.65. The summed E-state index contributed by atoms with van der Waals surface area (Å²) in [5.41, 5.74) is 2.57. The first kappa shape index (κ1) is 13.4. The molecule has 2 unspecified atom stereocenters. The molecule has 18 heavy (non-hydrogen) atoms. The van der Waals surface area contributed by atoms with Gasteiger partial charge in [0.2, 0.25) is 0 Å². The molecule has 0 spiro atoms. The van der Waals surface area contributed by atoms with Gasteiger partial charge in [-0.15, -0.1) is 0 Å². The molecule has 0 aliphatic heterocycles. The van der Waals surface area contributed by atoms with Crippen LogP contribution < -0.4 is 10.1 Å². The zero-order valence-corrected chi connectivity index (χ0v) is 12.0. The Balaban J connectivity index is 2.11. The van der Waals surface area contributed by atoms with Gasteiger partial charge in [-0.3, -0.25) is 0 Å². The van der Waals surface area contributed by atoms with Crippen LogP contribution in [0.15, 0.2) is 18.2 Å². The van der Waals surface area contributed by atoms with Gasteiger partial charge >= 0.3 is 0 Å². The van der Waals surface area contributed by atoms with Crippen LogP contribution in [0, 0.1) is 12.8 Å². The van der Waals surface area contributed by atoms with Gasteiger partial charge in [0, 0.05) is 17.6 Å². The van der Waals surface area contributed by atoms with Crippen molar-refractivity contribution in [3.8, 4) is 5.75 Å². The first-order valence-electron chi connectivity index (χ1n) is 7.06. The van der Waals surface area contributed by atoms with Crippen LogP contribution in [-0.2, 0) is 0 Å². The topological polar surface area (TPSA) is 21.3 Å². The maximum Gasteiger partial charge on any atom is 0.123 e. The first-order chi connectivity index (χ1) is 8.65. The van der Waals surface area contributed by atoms with E-state index in [9.17, 15) is 0 Å². The van der Waals surface area contributed by atoms with Crippen molar-refractivity contribution < 1.29 is 4.74 Å². The highest BCUT2D eigenvalue weighted by atomic mass is 16.5. The van der Waals surface area contributed by atoms with Gasteiger partial charge in [-0.05, 0) is 45.1 Å². The van der Waals surface area contributed by atoms with Gasteiger partial charge in [0.25, 0.3) is 0 Å². The second-order valence-electron chi connectivity index (χ2n) is 5.49. The van der Waals surface area contributed by atoms with E-state index in [4.69, 9.17) is 4.74 Å². The molecule has 2 rings (SSSR count). The number of ether oxygens (including phenoxy) is 1. The minimum Gasteiger partial charge on any atom is -0.496 e. The molecule has 1 N–H and O–H groups in total. The van der Waals surface area contributed by atoms with Gasteiger partial charge in [-0.25, -0.2) is 0 Å². The third-order valence-corrected chi connectivity index (χ3v) is 3.95. The Morgan fingerprint density at radius 3 is 2.67 bits per heavy atom. The minimum atomic E-state index is 0.352. The van der Waals surface area contributed by atoms with Crippen molar-refractivity contribution in [1.29, 1.82) is 0 Å². The third-order valence-electron chi connectivity index (χ3n) is 3.95. The van der Waals surface area contributed by atoms with Crippen LogP contribution in [0.2, 0.25) is 0 Å². The Labute approximate surface area is 111 Å². The van der Waals surface area contributed by atoms with Crippen molar-refractivity contribution in [2.75, 3.05) is 7.11 Å². The molecule has 0 heterocycles. The SMILES string of the molecule is CCC(NC(C)c1cc(C)ccc1OC)C1CC1. The van der Waals surface area contributed by atoms with Crippen molar-refractivity contribution in [3.05, 3.63) is 29.3 Å². The van der Waals surface area contributed by atoms with Crippen LogP contribution in [0.25, 0.3) is 0 Å². The van der Waals surface area contributed by atoms with Gasteiger partial charge in [-0.2, -0.15) is 0 Å². The molecular formula is C16H25NO. The number of rotatable bonds is 6. The first-order valence-corrected chi connectivity index (χ1v) is 7.06. The summed E-state index contributed by atoms with van der Waals surface area (Å²) in [6, 6.07) is 7.42. The van der Waals surface area contributed by atoms with Crippen molar-refractivity contribution in [2.24, 2.45) is 5.92 Å². The van der Waals surface area contributed by atoms with Crippen LogP contribution in [0.4, 0.5) is 0 Å².